The van der Waals surface area contributed by atoms with Crippen molar-refractivity contribution in [2.75, 3.05) is 26.3 Å². The number of alkyl halides is 3. The molecular formula is C23H28F3NO4. The SMILES string of the molecule is Cc1ccccc1C1(OCCCCOCc2ccccc2)CNC1.O=C(O)C(F)(F)F. The summed E-state index contributed by atoms with van der Waals surface area (Å²) >= 11 is 0. The van der Waals surface area contributed by atoms with E-state index in [1.54, 1.807) is 0 Å². The van der Waals surface area contributed by atoms with E-state index in [-0.39, 0.29) is 5.60 Å². The molecular weight excluding hydrogens is 411 g/mol. The van der Waals surface area contributed by atoms with Crippen LogP contribution in [-0.4, -0.2) is 43.6 Å². The molecule has 1 aliphatic heterocycles. The first-order valence-corrected chi connectivity index (χ1v) is 10.1. The molecule has 31 heavy (non-hydrogen) atoms. The van der Waals surface area contributed by atoms with E-state index in [2.05, 4.69) is 48.6 Å². The first kappa shape index (κ1) is 24.8. The number of benzene rings is 2. The van der Waals surface area contributed by atoms with E-state index in [4.69, 9.17) is 19.4 Å². The Morgan fingerprint density at radius 3 is 2.16 bits per heavy atom. The van der Waals surface area contributed by atoms with Crippen LogP contribution in [0.25, 0.3) is 0 Å². The van der Waals surface area contributed by atoms with Crippen molar-refractivity contribution in [2.45, 2.75) is 38.1 Å². The van der Waals surface area contributed by atoms with Crippen LogP contribution in [0, 0.1) is 6.92 Å². The van der Waals surface area contributed by atoms with Crippen LogP contribution in [0.4, 0.5) is 13.2 Å². The van der Waals surface area contributed by atoms with E-state index in [0.717, 1.165) is 39.1 Å². The number of halogens is 3. The van der Waals surface area contributed by atoms with Gasteiger partial charge in [0.25, 0.3) is 0 Å². The molecule has 1 saturated heterocycles. The molecule has 0 bridgehead atoms. The Hall–Kier alpha value is -2.42. The van der Waals surface area contributed by atoms with Gasteiger partial charge in [-0.2, -0.15) is 13.2 Å². The monoisotopic (exact) mass is 439 g/mol. The third kappa shape index (κ3) is 7.97. The van der Waals surface area contributed by atoms with Crippen LogP contribution < -0.4 is 5.32 Å². The zero-order valence-electron chi connectivity index (χ0n) is 17.5. The molecule has 1 fully saturated rings. The van der Waals surface area contributed by atoms with Gasteiger partial charge in [0.05, 0.1) is 6.61 Å². The molecule has 5 nitrogen and oxygen atoms in total. The summed E-state index contributed by atoms with van der Waals surface area (Å²) in [7, 11) is 0. The second-order valence-electron chi connectivity index (χ2n) is 7.31. The van der Waals surface area contributed by atoms with Gasteiger partial charge in [0, 0.05) is 26.3 Å². The Bertz CT molecular complexity index is 808. The van der Waals surface area contributed by atoms with E-state index < -0.39 is 12.1 Å². The summed E-state index contributed by atoms with van der Waals surface area (Å²) in [5, 5.41) is 10.5. The number of carbonyl (C=O) groups is 1. The normalized spacial score (nSPS) is 14.8. The third-order valence-electron chi connectivity index (χ3n) is 4.87. The average molecular weight is 439 g/mol. The maximum Gasteiger partial charge on any atom is 0.490 e. The molecule has 0 unspecified atom stereocenters. The quantitative estimate of drug-likeness (QED) is 0.566. The van der Waals surface area contributed by atoms with E-state index in [9.17, 15) is 13.2 Å². The predicted molar refractivity (Wildman–Crippen MR) is 111 cm³/mol. The highest BCUT2D eigenvalue weighted by molar-refractivity contribution is 5.73. The molecule has 0 saturated carbocycles. The second kappa shape index (κ2) is 11.8. The van der Waals surface area contributed by atoms with Crippen molar-refractivity contribution < 1.29 is 32.5 Å². The number of hydrogen-bond donors (Lipinski definition) is 2. The molecule has 2 aromatic carbocycles. The molecule has 3 rings (SSSR count). The van der Waals surface area contributed by atoms with Crippen molar-refractivity contribution in [3.05, 3.63) is 71.3 Å². The lowest BCUT2D eigenvalue weighted by Gasteiger charge is -2.43. The fourth-order valence-corrected chi connectivity index (χ4v) is 3.14. The highest BCUT2D eigenvalue weighted by Gasteiger charge is 2.40. The van der Waals surface area contributed by atoms with E-state index in [1.807, 2.05) is 18.2 Å². The minimum atomic E-state index is -5.08. The first-order chi connectivity index (χ1) is 14.7. The molecule has 8 heteroatoms. The molecule has 1 aliphatic rings. The molecule has 0 aliphatic carbocycles. The zero-order valence-corrected chi connectivity index (χ0v) is 17.5. The largest absolute Gasteiger partial charge is 0.490 e. The van der Waals surface area contributed by atoms with Gasteiger partial charge in [-0.1, -0.05) is 54.6 Å². The molecule has 170 valence electrons. The van der Waals surface area contributed by atoms with Crippen LogP contribution >= 0.6 is 0 Å². The van der Waals surface area contributed by atoms with Gasteiger partial charge >= 0.3 is 12.1 Å². The number of ether oxygens (including phenoxy) is 2. The van der Waals surface area contributed by atoms with Gasteiger partial charge < -0.3 is 19.9 Å². The number of carboxylic acids is 1. The minimum absolute atomic E-state index is 0.129. The topological polar surface area (TPSA) is 67.8 Å². The highest BCUT2D eigenvalue weighted by Crippen LogP contribution is 2.32. The van der Waals surface area contributed by atoms with Crippen molar-refractivity contribution >= 4 is 5.97 Å². The van der Waals surface area contributed by atoms with Gasteiger partial charge in [0.2, 0.25) is 0 Å². The highest BCUT2D eigenvalue weighted by atomic mass is 19.4. The summed E-state index contributed by atoms with van der Waals surface area (Å²) in [5.41, 5.74) is 3.73. The summed E-state index contributed by atoms with van der Waals surface area (Å²) in [6.07, 6.45) is -3.02. The van der Waals surface area contributed by atoms with E-state index >= 15 is 0 Å². The van der Waals surface area contributed by atoms with Gasteiger partial charge in [-0.15, -0.1) is 0 Å². The lowest BCUT2D eigenvalue weighted by atomic mass is 9.85. The minimum Gasteiger partial charge on any atom is -0.475 e. The lowest BCUT2D eigenvalue weighted by molar-refractivity contribution is -0.192. The maximum atomic E-state index is 10.6. The molecule has 0 spiro atoms. The van der Waals surface area contributed by atoms with E-state index in [0.29, 0.717) is 6.61 Å². The van der Waals surface area contributed by atoms with Crippen molar-refractivity contribution in [2.24, 2.45) is 0 Å². The van der Waals surface area contributed by atoms with Crippen molar-refractivity contribution in [3.8, 4) is 0 Å². The van der Waals surface area contributed by atoms with Crippen LogP contribution in [0.2, 0.25) is 0 Å². The molecule has 0 atom stereocenters. The fourth-order valence-electron chi connectivity index (χ4n) is 3.14. The number of aliphatic carboxylic acids is 1. The van der Waals surface area contributed by atoms with Gasteiger partial charge in [0.1, 0.15) is 5.60 Å². The van der Waals surface area contributed by atoms with Crippen LogP contribution in [0.1, 0.15) is 29.5 Å². The Morgan fingerprint density at radius 2 is 1.61 bits per heavy atom. The van der Waals surface area contributed by atoms with Gasteiger partial charge in [-0.05, 0) is 36.5 Å². The van der Waals surface area contributed by atoms with Crippen molar-refractivity contribution in [3.63, 3.8) is 0 Å². The van der Waals surface area contributed by atoms with Crippen molar-refractivity contribution in [1.82, 2.24) is 5.32 Å². The molecule has 2 aromatic rings. The van der Waals surface area contributed by atoms with Gasteiger partial charge in [-0.3, -0.25) is 0 Å². The standard InChI is InChI=1S/C21H27NO2.C2HF3O2/c1-18-9-5-6-12-20(18)21(16-22-17-21)24-14-8-7-13-23-15-19-10-3-2-4-11-19;3-2(4,5)1(6)7/h2-6,9-12,22H,7-8,13-17H2,1H3;(H,6,7). The average Bonchev–Trinajstić information content (AvgIpc) is 2.70. The first-order valence-electron chi connectivity index (χ1n) is 10.1. The van der Waals surface area contributed by atoms with Gasteiger partial charge in [0.15, 0.2) is 0 Å². The Morgan fingerprint density at radius 1 is 1.03 bits per heavy atom. The number of rotatable bonds is 9. The summed E-state index contributed by atoms with van der Waals surface area (Å²) in [6, 6.07) is 18.9. The maximum absolute atomic E-state index is 10.6. The smallest absolute Gasteiger partial charge is 0.475 e. The number of unbranched alkanes of at least 4 members (excludes halogenated alkanes) is 1. The molecule has 0 aromatic heterocycles. The van der Waals surface area contributed by atoms with Crippen LogP contribution in [0.15, 0.2) is 54.6 Å². The summed E-state index contributed by atoms with van der Waals surface area (Å²) < 4.78 is 43.7. The molecule has 0 radical (unpaired) electrons. The zero-order chi connectivity index (χ0) is 22.7. The van der Waals surface area contributed by atoms with Crippen LogP contribution in [-0.2, 0) is 26.5 Å². The number of hydrogen-bond acceptors (Lipinski definition) is 4. The van der Waals surface area contributed by atoms with Crippen LogP contribution in [0.3, 0.4) is 0 Å². The summed E-state index contributed by atoms with van der Waals surface area (Å²) in [4.78, 5) is 8.90. The van der Waals surface area contributed by atoms with Gasteiger partial charge in [-0.25, -0.2) is 4.79 Å². The molecule has 2 N–H and O–H groups in total. The molecule has 0 amide bonds. The lowest BCUT2D eigenvalue weighted by Crippen LogP contribution is -2.58. The second-order valence-corrected chi connectivity index (χ2v) is 7.31. The summed E-state index contributed by atoms with van der Waals surface area (Å²) in [5.74, 6) is -2.76. The van der Waals surface area contributed by atoms with E-state index in [1.165, 1.54) is 16.7 Å². The Balaban J connectivity index is 0.000000423. The molecule has 1 heterocycles. The Labute approximate surface area is 180 Å². The van der Waals surface area contributed by atoms with Crippen LogP contribution in [0.5, 0.6) is 0 Å². The third-order valence-corrected chi connectivity index (χ3v) is 4.87. The predicted octanol–water partition coefficient (Wildman–Crippen LogP) is 4.44. The number of carboxylic acid groups (broad SMARTS) is 1. The van der Waals surface area contributed by atoms with Crippen molar-refractivity contribution in [1.29, 1.82) is 0 Å². The number of nitrogens with one attached hydrogen (secondary N) is 1. The Kier molecular flexibility index (Phi) is 9.48. The fraction of sp³-hybridized carbons (Fsp3) is 0.435. The summed E-state index contributed by atoms with van der Waals surface area (Å²) in [6.45, 7) is 6.23. The number of aryl methyl sites for hydroxylation is 1.